The maximum Gasteiger partial charge on any atom is 0.244 e. The van der Waals surface area contributed by atoms with Gasteiger partial charge in [-0.1, -0.05) is 6.92 Å². The molecule has 0 N–H and O–H groups in total. The van der Waals surface area contributed by atoms with Crippen LogP contribution in [0.5, 0.6) is 0 Å². The highest BCUT2D eigenvalue weighted by atomic mass is 32.2. The second kappa shape index (κ2) is 6.92. The molecule has 2 aromatic rings. The zero-order valence-electron chi connectivity index (χ0n) is 14.9. The van der Waals surface area contributed by atoms with E-state index in [1.165, 1.54) is 11.8 Å². The molecule has 1 fully saturated rings. The molecule has 2 aliphatic rings. The Morgan fingerprint density at radius 2 is 1.88 bits per heavy atom. The van der Waals surface area contributed by atoms with Gasteiger partial charge in [-0.05, 0) is 37.0 Å². The molecule has 0 bridgehead atoms. The quantitative estimate of drug-likeness (QED) is 0.813. The van der Waals surface area contributed by atoms with E-state index in [1.807, 2.05) is 13.1 Å². The van der Waals surface area contributed by atoms with Crippen LogP contribution < -0.4 is 4.90 Å². The van der Waals surface area contributed by atoms with E-state index in [4.69, 9.17) is 0 Å². The summed E-state index contributed by atoms with van der Waals surface area (Å²) in [6.07, 6.45) is 6.95. The Hall–Kier alpha value is -2.06. The van der Waals surface area contributed by atoms with Gasteiger partial charge in [0.05, 0.1) is 12.2 Å². The topological polar surface area (TPSA) is 79.3 Å². The molecule has 1 saturated heterocycles. The lowest BCUT2D eigenvalue weighted by Crippen LogP contribution is -2.32. The standard InChI is InChI=1S/C18H23N5O2S/c1-2-17-19-11-14-7-10-22(13-16(14)21-17)18-6-5-15(12-20-18)26(24,25)23-8-3-4-9-23/h5-6,11-12H,2-4,7-10,13H2,1H3. The molecule has 4 rings (SSSR count). The van der Waals surface area contributed by atoms with Crippen LogP contribution in [0.15, 0.2) is 29.4 Å². The average molecular weight is 373 g/mol. The van der Waals surface area contributed by atoms with E-state index in [9.17, 15) is 8.42 Å². The number of aromatic nitrogens is 3. The van der Waals surface area contributed by atoms with Gasteiger partial charge < -0.3 is 4.90 Å². The van der Waals surface area contributed by atoms with Gasteiger partial charge in [0.25, 0.3) is 0 Å². The summed E-state index contributed by atoms with van der Waals surface area (Å²) in [7, 11) is -3.41. The van der Waals surface area contributed by atoms with Crippen molar-refractivity contribution in [1.82, 2.24) is 19.3 Å². The SMILES string of the molecule is CCc1ncc2c(n1)CN(c1ccc(S(=O)(=O)N3CCCC3)cn1)CC2. The van der Waals surface area contributed by atoms with Crippen molar-refractivity contribution >= 4 is 15.8 Å². The molecule has 2 aromatic heterocycles. The van der Waals surface area contributed by atoms with Crippen molar-refractivity contribution in [2.45, 2.75) is 44.0 Å². The predicted molar refractivity (Wildman–Crippen MR) is 98.4 cm³/mol. The molecule has 0 amide bonds. The predicted octanol–water partition coefficient (Wildman–Crippen LogP) is 1.78. The van der Waals surface area contributed by atoms with Crippen LogP contribution in [0.3, 0.4) is 0 Å². The first-order valence-electron chi connectivity index (χ1n) is 9.13. The first-order chi connectivity index (χ1) is 12.6. The minimum Gasteiger partial charge on any atom is -0.350 e. The highest BCUT2D eigenvalue weighted by Gasteiger charge is 2.28. The Labute approximate surface area is 154 Å². The Morgan fingerprint density at radius 3 is 2.58 bits per heavy atom. The monoisotopic (exact) mass is 373 g/mol. The summed E-state index contributed by atoms with van der Waals surface area (Å²) in [6.45, 7) is 4.76. The molecule has 8 heteroatoms. The first-order valence-corrected chi connectivity index (χ1v) is 10.6. The summed E-state index contributed by atoms with van der Waals surface area (Å²) in [5.41, 5.74) is 2.23. The summed E-state index contributed by atoms with van der Waals surface area (Å²) in [5, 5.41) is 0. The van der Waals surface area contributed by atoms with Crippen LogP contribution in [-0.2, 0) is 29.4 Å². The maximum absolute atomic E-state index is 12.6. The number of pyridine rings is 1. The second-order valence-electron chi connectivity index (χ2n) is 6.75. The van der Waals surface area contributed by atoms with E-state index in [0.29, 0.717) is 19.6 Å². The third-order valence-corrected chi connectivity index (χ3v) is 6.94. The van der Waals surface area contributed by atoms with Crippen LogP contribution in [0.25, 0.3) is 0 Å². The number of nitrogens with zero attached hydrogens (tertiary/aromatic N) is 5. The third-order valence-electron chi connectivity index (χ3n) is 5.06. The van der Waals surface area contributed by atoms with Crippen LogP contribution in [0.1, 0.15) is 36.8 Å². The van der Waals surface area contributed by atoms with Gasteiger partial charge in [-0.15, -0.1) is 0 Å². The van der Waals surface area contributed by atoms with Crippen molar-refractivity contribution < 1.29 is 8.42 Å². The van der Waals surface area contributed by atoms with Crippen LogP contribution in [0.4, 0.5) is 5.82 Å². The number of fused-ring (bicyclic) bond motifs is 1. The van der Waals surface area contributed by atoms with Crippen LogP contribution in [0, 0.1) is 0 Å². The van der Waals surface area contributed by atoms with Gasteiger partial charge in [-0.2, -0.15) is 4.31 Å². The second-order valence-corrected chi connectivity index (χ2v) is 8.68. The zero-order valence-corrected chi connectivity index (χ0v) is 15.7. The highest BCUT2D eigenvalue weighted by Crippen LogP contribution is 2.24. The maximum atomic E-state index is 12.6. The fourth-order valence-electron chi connectivity index (χ4n) is 3.50. The lowest BCUT2D eigenvalue weighted by molar-refractivity contribution is 0.477. The fraction of sp³-hybridized carbons (Fsp3) is 0.500. The molecular formula is C18H23N5O2S. The molecule has 0 radical (unpaired) electrons. The fourth-order valence-corrected chi connectivity index (χ4v) is 4.96. The minimum absolute atomic E-state index is 0.274. The zero-order chi connectivity index (χ0) is 18.1. The van der Waals surface area contributed by atoms with Gasteiger partial charge in [0, 0.05) is 38.4 Å². The van der Waals surface area contributed by atoms with E-state index in [2.05, 4.69) is 19.9 Å². The number of rotatable bonds is 4. The molecule has 0 aromatic carbocycles. The smallest absolute Gasteiger partial charge is 0.244 e. The van der Waals surface area contributed by atoms with Crippen molar-refractivity contribution in [3.63, 3.8) is 0 Å². The minimum atomic E-state index is -3.41. The van der Waals surface area contributed by atoms with Gasteiger partial charge in [0.15, 0.2) is 0 Å². The number of hydrogen-bond donors (Lipinski definition) is 0. The molecule has 0 atom stereocenters. The first kappa shape index (κ1) is 17.4. The number of aryl methyl sites for hydroxylation is 1. The van der Waals surface area contributed by atoms with Crippen molar-refractivity contribution in [3.8, 4) is 0 Å². The van der Waals surface area contributed by atoms with Crippen molar-refractivity contribution in [3.05, 3.63) is 41.6 Å². The van der Waals surface area contributed by atoms with E-state index in [-0.39, 0.29) is 4.90 Å². The Morgan fingerprint density at radius 1 is 1.08 bits per heavy atom. The summed E-state index contributed by atoms with van der Waals surface area (Å²) in [6, 6.07) is 3.47. The van der Waals surface area contributed by atoms with E-state index >= 15 is 0 Å². The Bertz CT molecular complexity index is 892. The molecule has 0 saturated carbocycles. The molecule has 4 heterocycles. The van der Waals surface area contributed by atoms with Crippen LogP contribution in [-0.4, -0.2) is 47.3 Å². The highest BCUT2D eigenvalue weighted by molar-refractivity contribution is 7.89. The Kier molecular flexibility index (Phi) is 4.62. The molecule has 0 aliphatic carbocycles. The van der Waals surface area contributed by atoms with Crippen molar-refractivity contribution in [1.29, 1.82) is 0 Å². The Balaban J connectivity index is 1.54. The van der Waals surface area contributed by atoms with Crippen molar-refractivity contribution in [2.24, 2.45) is 0 Å². The van der Waals surface area contributed by atoms with Gasteiger partial charge in [0.2, 0.25) is 10.0 Å². The van der Waals surface area contributed by atoms with E-state index in [0.717, 1.165) is 49.6 Å². The largest absolute Gasteiger partial charge is 0.350 e. The normalized spacial score (nSPS) is 18.1. The molecule has 2 aliphatic heterocycles. The molecule has 0 unspecified atom stereocenters. The number of anilines is 1. The number of hydrogen-bond acceptors (Lipinski definition) is 6. The van der Waals surface area contributed by atoms with Gasteiger partial charge in [-0.25, -0.2) is 23.4 Å². The van der Waals surface area contributed by atoms with Crippen molar-refractivity contribution in [2.75, 3.05) is 24.5 Å². The summed E-state index contributed by atoms with van der Waals surface area (Å²) < 4.78 is 26.8. The molecule has 138 valence electrons. The summed E-state index contributed by atoms with van der Waals surface area (Å²) in [5.74, 6) is 1.64. The van der Waals surface area contributed by atoms with Crippen LogP contribution >= 0.6 is 0 Å². The van der Waals surface area contributed by atoms with Crippen LogP contribution in [0.2, 0.25) is 0 Å². The van der Waals surface area contributed by atoms with E-state index < -0.39 is 10.0 Å². The molecule has 26 heavy (non-hydrogen) atoms. The lowest BCUT2D eigenvalue weighted by Gasteiger charge is -2.29. The summed E-state index contributed by atoms with van der Waals surface area (Å²) >= 11 is 0. The van der Waals surface area contributed by atoms with Gasteiger partial charge >= 0.3 is 0 Å². The lowest BCUT2D eigenvalue weighted by atomic mass is 10.1. The molecule has 7 nitrogen and oxygen atoms in total. The van der Waals surface area contributed by atoms with Gasteiger partial charge in [0.1, 0.15) is 16.5 Å². The van der Waals surface area contributed by atoms with E-state index in [1.54, 1.807) is 16.4 Å². The van der Waals surface area contributed by atoms with Gasteiger partial charge in [-0.3, -0.25) is 0 Å². The number of sulfonamides is 1. The average Bonchev–Trinajstić information content (AvgIpc) is 3.23. The summed E-state index contributed by atoms with van der Waals surface area (Å²) in [4.78, 5) is 15.8. The molecule has 0 spiro atoms. The molecular weight excluding hydrogens is 350 g/mol. The third kappa shape index (κ3) is 3.19.